The van der Waals surface area contributed by atoms with Crippen LogP contribution in [0.3, 0.4) is 0 Å². The number of hydrogen-bond donors (Lipinski definition) is 1. The van der Waals surface area contributed by atoms with Crippen LogP contribution in [-0.4, -0.2) is 24.0 Å². The lowest BCUT2D eigenvalue weighted by atomic mass is 10.2. The molecule has 0 spiro atoms. The van der Waals surface area contributed by atoms with Gasteiger partial charge in [0.05, 0.1) is 5.69 Å². The number of nitrogens with zero attached hydrogens (tertiary/aromatic N) is 1. The van der Waals surface area contributed by atoms with Crippen LogP contribution in [-0.2, 0) is 6.54 Å². The normalized spacial score (nSPS) is 18.9. The van der Waals surface area contributed by atoms with Gasteiger partial charge in [-0.05, 0) is 46.1 Å². The number of hydrogen-bond acceptors (Lipinski definition) is 2. The van der Waals surface area contributed by atoms with Crippen LogP contribution in [0.15, 0.2) is 53.0 Å². The fourth-order valence-electron chi connectivity index (χ4n) is 2.76. The van der Waals surface area contributed by atoms with E-state index in [4.69, 9.17) is 0 Å². The predicted molar refractivity (Wildman–Crippen MR) is 87.8 cm³/mol. The highest BCUT2D eigenvalue weighted by Gasteiger charge is 2.22. The van der Waals surface area contributed by atoms with Gasteiger partial charge < -0.3 is 5.32 Å². The molecule has 1 aliphatic rings. The van der Waals surface area contributed by atoms with Crippen molar-refractivity contribution >= 4 is 21.6 Å². The molecule has 2 aromatic carbocycles. The Labute approximate surface area is 133 Å². The van der Waals surface area contributed by atoms with Crippen molar-refractivity contribution in [3.63, 3.8) is 0 Å². The number of nitrogens with one attached hydrogen (secondary N) is 1. The Morgan fingerprint density at radius 3 is 2.81 bits per heavy atom. The Balaban J connectivity index is 1.58. The topological polar surface area (TPSA) is 15.3 Å². The Bertz CT molecular complexity index is 603. The molecular formula is C17H18BrFN2. The molecule has 0 amide bonds. The highest BCUT2D eigenvalue weighted by molar-refractivity contribution is 9.10. The lowest BCUT2D eigenvalue weighted by Gasteiger charge is -2.18. The predicted octanol–water partition coefficient (Wildman–Crippen LogP) is 4.27. The standard InChI is InChI=1S/C17H18BrFN2/c18-16-7-6-14(19)10-17(16)20-15-8-9-21(12-15)11-13-4-2-1-3-5-13/h1-7,10,15,20H,8-9,11-12H2. The maximum atomic E-state index is 13.3. The van der Waals surface area contributed by atoms with Crippen molar-refractivity contribution in [1.82, 2.24) is 4.90 Å². The molecule has 2 nitrogen and oxygen atoms in total. The molecule has 0 aromatic heterocycles. The monoisotopic (exact) mass is 348 g/mol. The van der Waals surface area contributed by atoms with Gasteiger partial charge in [0.25, 0.3) is 0 Å². The van der Waals surface area contributed by atoms with E-state index in [9.17, 15) is 4.39 Å². The first kappa shape index (κ1) is 14.5. The van der Waals surface area contributed by atoms with E-state index in [-0.39, 0.29) is 5.82 Å². The van der Waals surface area contributed by atoms with Gasteiger partial charge in [-0.1, -0.05) is 30.3 Å². The van der Waals surface area contributed by atoms with Gasteiger partial charge in [-0.15, -0.1) is 0 Å². The van der Waals surface area contributed by atoms with E-state index in [2.05, 4.69) is 50.4 Å². The molecule has 1 heterocycles. The first-order chi connectivity index (χ1) is 10.2. The summed E-state index contributed by atoms with van der Waals surface area (Å²) in [5, 5.41) is 3.44. The van der Waals surface area contributed by atoms with Crippen LogP contribution in [0.1, 0.15) is 12.0 Å². The number of anilines is 1. The van der Waals surface area contributed by atoms with Crippen molar-refractivity contribution < 1.29 is 4.39 Å². The van der Waals surface area contributed by atoms with E-state index in [1.165, 1.54) is 11.6 Å². The SMILES string of the molecule is Fc1ccc(Br)c(NC2CCN(Cc3ccccc3)C2)c1. The van der Waals surface area contributed by atoms with Crippen LogP contribution in [0.5, 0.6) is 0 Å². The second-order valence-electron chi connectivity index (χ2n) is 5.47. The molecule has 1 aliphatic heterocycles. The molecule has 0 saturated carbocycles. The van der Waals surface area contributed by atoms with E-state index in [1.807, 2.05) is 6.07 Å². The molecular weight excluding hydrogens is 331 g/mol. The number of rotatable bonds is 4. The smallest absolute Gasteiger partial charge is 0.125 e. The van der Waals surface area contributed by atoms with Gasteiger partial charge in [-0.25, -0.2) is 4.39 Å². The van der Waals surface area contributed by atoms with Crippen LogP contribution in [0.2, 0.25) is 0 Å². The van der Waals surface area contributed by atoms with E-state index in [0.717, 1.165) is 36.2 Å². The second-order valence-corrected chi connectivity index (χ2v) is 6.33. The van der Waals surface area contributed by atoms with E-state index in [0.29, 0.717) is 6.04 Å². The zero-order valence-electron chi connectivity index (χ0n) is 11.7. The number of halogens is 2. The summed E-state index contributed by atoms with van der Waals surface area (Å²) < 4.78 is 14.2. The van der Waals surface area contributed by atoms with E-state index in [1.54, 1.807) is 12.1 Å². The molecule has 1 N–H and O–H groups in total. The van der Waals surface area contributed by atoms with Crippen molar-refractivity contribution in [2.45, 2.75) is 19.0 Å². The fourth-order valence-corrected chi connectivity index (χ4v) is 3.12. The summed E-state index contributed by atoms with van der Waals surface area (Å²) in [6, 6.07) is 15.6. The zero-order valence-corrected chi connectivity index (χ0v) is 13.3. The Hall–Kier alpha value is -1.39. The summed E-state index contributed by atoms with van der Waals surface area (Å²) in [5.74, 6) is -0.208. The Morgan fingerprint density at radius 2 is 2.00 bits per heavy atom. The molecule has 1 unspecified atom stereocenters. The summed E-state index contributed by atoms with van der Waals surface area (Å²) in [5.41, 5.74) is 2.17. The third kappa shape index (κ3) is 3.83. The second kappa shape index (κ2) is 6.58. The fraction of sp³-hybridized carbons (Fsp3) is 0.294. The molecule has 110 valence electrons. The third-order valence-electron chi connectivity index (χ3n) is 3.81. The van der Waals surface area contributed by atoms with Crippen LogP contribution in [0, 0.1) is 5.82 Å². The van der Waals surface area contributed by atoms with Gasteiger partial charge in [0.15, 0.2) is 0 Å². The van der Waals surface area contributed by atoms with Crippen LogP contribution < -0.4 is 5.32 Å². The van der Waals surface area contributed by atoms with Crippen LogP contribution in [0.25, 0.3) is 0 Å². The largest absolute Gasteiger partial charge is 0.380 e. The van der Waals surface area contributed by atoms with E-state index >= 15 is 0 Å². The maximum Gasteiger partial charge on any atom is 0.125 e. The maximum absolute atomic E-state index is 13.3. The van der Waals surface area contributed by atoms with Crippen molar-refractivity contribution in [1.29, 1.82) is 0 Å². The highest BCUT2D eigenvalue weighted by Crippen LogP contribution is 2.26. The minimum absolute atomic E-state index is 0.208. The zero-order chi connectivity index (χ0) is 14.7. The quantitative estimate of drug-likeness (QED) is 0.887. The van der Waals surface area contributed by atoms with Crippen LogP contribution in [0.4, 0.5) is 10.1 Å². The van der Waals surface area contributed by atoms with Gasteiger partial charge in [0.1, 0.15) is 5.82 Å². The average molecular weight is 349 g/mol. The minimum atomic E-state index is -0.208. The average Bonchev–Trinajstić information content (AvgIpc) is 2.91. The molecule has 0 radical (unpaired) electrons. The van der Waals surface area contributed by atoms with Gasteiger partial charge >= 0.3 is 0 Å². The lowest BCUT2D eigenvalue weighted by Crippen LogP contribution is -2.26. The lowest BCUT2D eigenvalue weighted by molar-refractivity contribution is 0.328. The third-order valence-corrected chi connectivity index (χ3v) is 4.50. The molecule has 2 aromatic rings. The Morgan fingerprint density at radius 1 is 1.19 bits per heavy atom. The summed E-state index contributed by atoms with van der Waals surface area (Å²) in [6.07, 6.45) is 1.08. The summed E-state index contributed by atoms with van der Waals surface area (Å²) in [6.45, 7) is 3.03. The molecule has 0 bridgehead atoms. The van der Waals surface area contributed by atoms with Gasteiger partial charge in [-0.3, -0.25) is 4.90 Å². The highest BCUT2D eigenvalue weighted by atomic mass is 79.9. The van der Waals surface area contributed by atoms with Crippen molar-refractivity contribution in [2.75, 3.05) is 18.4 Å². The molecule has 4 heteroatoms. The first-order valence-electron chi connectivity index (χ1n) is 7.18. The molecule has 1 saturated heterocycles. The van der Waals surface area contributed by atoms with Crippen molar-refractivity contribution in [3.8, 4) is 0 Å². The molecule has 3 rings (SSSR count). The van der Waals surface area contributed by atoms with Crippen LogP contribution >= 0.6 is 15.9 Å². The molecule has 21 heavy (non-hydrogen) atoms. The number of likely N-dealkylation sites (tertiary alicyclic amines) is 1. The molecule has 1 fully saturated rings. The minimum Gasteiger partial charge on any atom is -0.380 e. The first-order valence-corrected chi connectivity index (χ1v) is 7.98. The number of benzene rings is 2. The summed E-state index contributed by atoms with van der Waals surface area (Å²) >= 11 is 3.46. The summed E-state index contributed by atoms with van der Waals surface area (Å²) in [4.78, 5) is 2.43. The summed E-state index contributed by atoms with van der Waals surface area (Å²) in [7, 11) is 0. The Kier molecular flexibility index (Phi) is 4.56. The molecule has 1 atom stereocenters. The van der Waals surface area contributed by atoms with Crippen molar-refractivity contribution in [3.05, 3.63) is 64.4 Å². The van der Waals surface area contributed by atoms with Gasteiger partial charge in [0.2, 0.25) is 0 Å². The molecule has 0 aliphatic carbocycles. The van der Waals surface area contributed by atoms with Crippen molar-refractivity contribution in [2.24, 2.45) is 0 Å². The van der Waals surface area contributed by atoms with Gasteiger partial charge in [-0.2, -0.15) is 0 Å². The van der Waals surface area contributed by atoms with E-state index < -0.39 is 0 Å². The van der Waals surface area contributed by atoms with Gasteiger partial charge in [0, 0.05) is 30.1 Å².